The van der Waals surface area contributed by atoms with Crippen LogP contribution in [0.4, 0.5) is 0 Å². The van der Waals surface area contributed by atoms with Gasteiger partial charge in [-0.3, -0.25) is 9.59 Å². The maximum atomic E-state index is 11.9. The zero-order chi connectivity index (χ0) is 15.9. The number of nitrogens with zero attached hydrogens (tertiary/aromatic N) is 2. The predicted octanol–water partition coefficient (Wildman–Crippen LogP) is 1.49. The molecule has 1 aromatic carbocycles. The molecule has 2 rings (SSSR count). The maximum Gasteiger partial charge on any atom is 0.267 e. The third-order valence-electron chi connectivity index (χ3n) is 3.33. The van der Waals surface area contributed by atoms with Crippen LogP contribution in [-0.4, -0.2) is 42.7 Å². The number of benzene rings is 1. The number of hydrogen-bond donors (Lipinski definition) is 1. The van der Waals surface area contributed by atoms with Crippen molar-refractivity contribution in [3.63, 3.8) is 0 Å². The number of hydrogen-bond acceptors (Lipinski definition) is 4. The molecule has 0 saturated heterocycles. The van der Waals surface area contributed by atoms with Gasteiger partial charge in [-0.15, -0.1) is 0 Å². The van der Waals surface area contributed by atoms with Crippen LogP contribution in [-0.2, 0) is 9.59 Å². The molecule has 22 heavy (non-hydrogen) atoms. The Kier molecular flexibility index (Phi) is 5.52. The van der Waals surface area contributed by atoms with E-state index >= 15 is 0 Å². The van der Waals surface area contributed by atoms with Crippen LogP contribution < -0.4 is 10.1 Å². The smallest absolute Gasteiger partial charge is 0.267 e. The van der Waals surface area contributed by atoms with Crippen molar-refractivity contribution in [1.82, 2.24) is 10.3 Å². The number of ether oxygens (including phenoxy) is 1. The van der Waals surface area contributed by atoms with E-state index in [-0.39, 0.29) is 11.8 Å². The van der Waals surface area contributed by atoms with E-state index in [1.54, 1.807) is 7.05 Å². The minimum absolute atomic E-state index is 0.0666. The molecular formula is C16H21N3O3. The summed E-state index contributed by atoms with van der Waals surface area (Å²) in [6.45, 7) is 3.07. The van der Waals surface area contributed by atoms with Crippen LogP contribution in [0.3, 0.4) is 0 Å². The van der Waals surface area contributed by atoms with Gasteiger partial charge in [0, 0.05) is 26.4 Å². The molecule has 118 valence electrons. The molecule has 6 nitrogen and oxygen atoms in total. The van der Waals surface area contributed by atoms with Crippen LogP contribution in [0.2, 0.25) is 0 Å². The lowest BCUT2D eigenvalue weighted by Crippen LogP contribution is -2.38. The maximum absolute atomic E-state index is 11.9. The zero-order valence-corrected chi connectivity index (χ0v) is 13.0. The van der Waals surface area contributed by atoms with E-state index in [1.807, 2.05) is 31.2 Å². The highest BCUT2D eigenvalue weighted by atomic mass is 16.5. The molecule has 0 radical (unpaired) electrons. The van der Waals surface area contributed by atoms with Crippen molar-refractivity contribution >= 4 is 17.5 Å². The van der Waals surface area contributed by atoms with Gasteiger partial charge < -0.3 is 10.1 Å². The fourth-order valence-electron chi connectivity index (χ4n) is 2.10. The summed E-state index contributed by atoms with van der Waals surface area (Å²) in [6.07, 6.45) is 1.44. The van der Waals surface area contributed by atoms with Gasteiger partial charge in [0.15, 0.2) is 0 Å². The average Bonchev–Trinajstić information content (AvgIpc) is 2.49. The average molecular weight is 303 g/mol. The van der Waals surface area contributed by atoms with Gasteiger partial charge in [-0.05, 0) is 31.0 Å². The van der Waals surface area contributed by atoms with E-state index in [0.717, 1.165) is 11.3 Å². The Balaban J connectivity index is 1.67. The largest absolute Gasteiger partial charge is 0.494 e. The van der Waals surface area contributed by atoms with E-state index in [0.29, 0.717) is 38.1 Å². The summed E-state index contributed by atoms with van der Waals surface area (Å²) in [6, 6.07) is 7.85. The Morgan fingerprint density at radius 2 is 2.23 bits per heavy atom. The Morgan fingerprint density at radius 3 is 2.95 bits per heavy atom. The van der Waals surface area contributed by atoms with Crippen LogP contribution in [0.1, 0.15) is 24.8 Å². The van der Waals surface area contributed by atoms with Gasteiger partial charge in [0.2, 0.25) is 5.91 Å². The van der Waals surface area contributed by atoms with Crippen LogP contribution in [0.25, 0.3) is 0 Å². The van der Waals surface area contributed by atoms with Crippen molar-refractivity contribution in [2.24, 2.45) is 5.10 Å². The van der Waals surface area contributed by atoms with Gasteiger partial charge in [0.1, 0.15) is 11.5 Å². The minimum atomic E-state index is -0.213. The molecule has 1 aliphatic heterocycles. The summed E-state index contributed by atoms with van der Waals surface area (Å²) in [7, 11) is 1.56. The van der Waals surface area contributed by atoms with Gasteiger partial charge in [0.25, 0.3) is 5.91 Å². The number of nitrogens with one attached hydrogen (secondary N) is 1. The van der Waals surface area contributed by atoms with Gasteiger partial charge in [0.05, 0.1) is 6.61 Å². The number of carbonyl (C=O) groups is 2. The van der Waals surface area contributed by atoms with Crippen molar-refractivity contribution in [2.45, 2.75) is 26.2 Å². The van der Waals surface area contributed by atoms with Crippen molar-refractivity contribution in [1.29, 1.82) is 0 Å². The topological polar surface area (TPSA) is 71.0 Å². The number of aryl methyl sites for hydroxylation is 1. The number of carbonyl (C=O) groups excluding carboxylic acids is 2. The molecule has 0 spiro atoms. The van der Waals surface area contributed by atoms with Gasteiger partial charge in [-0.2, -0.15) is 5.10 Å². The highest BCUT2D eigenvalue weighted by molar-refractivity contribution is 6.39. The monoisotopic (exact) mass is 303 g/mol. The van der Waals surface area contributed by atoms with Crippen LogP contribution in [0.15, 0.2) is 29.4 Å². The summed E-state index contributed by atoms with van der Waals surface area (Å²) in [4.78, 5) is 23.2. The Bertz CT molecular complexity index is 584. The second-order valence-corrected chi connectivity index (χ2v) is 5.24. The molecule has 0 aliphatic carbocycles. The molecule has 2 amide bonds. The summed E-state index contributed by atoms with van der Waals surface area (Å²) < 4.78 is 5.61. The lowest BCUT2D eigenvalue weighted by molar-refractivity contribution is -0.130. The molecule has 1 heterocycles. The second kappa shape index (κ2) is 7.59. The molecule has 0 aromatic heterocycles. The first-order valence-corrected chi connectivity index (χ1v) is 7.38. The molecule has 0 unspecified atom stereocenters. The van der Waals surface area contributed by atoms with Gasteiger partial charge in [-0.25, -0.2) is 5.01 Å². The van der Waals surface area contributed by atoms with E-state index in [4.69, 9.17) is 4.74 Å². The van der Waals surface area contributed by atoms with E-state index in [9.17, 15) is 9.59 Å². The third kappa shape index (κ3) is 4.58. The Morgan fingerprint density at radius 1 is 1.41 bits per heavy atom. The quantitative estimate of drug-likeness (QED) is 0.809. The zero-order valence-electron chi connectivity index (χ0n) is 13.0. The molecule has 0 fully saturated rings. The fraction of sp³-hybridized carbons (Fsp3) is 0.438. The number of rotatable bonds is 6. The second-order valence-electron chi connectivity index (χ2n) is 5.24. The highest BCUT2D eigenvalue weighted by Gasteiger charge is 2.21. The first-order chi connectivity index (χ1) is 10.6. The lowest BCUT2D eigenvalue weighted by atomic mass is 10.1. The predicted molar refractivity (Wildman–Crippen MR) is 83.7 cm³/mol. The molecule has 0 saturated carbocycles. The molecule has 6 heteroatoms. The Labute approximate surface area is 130 Å². The third-order valence-corrected chi connectivity index (χ3v) is 3.33. The first kappa shape index (κ1) is 16.0. The fourth-order valence-corrected chi connectivity index (χ4v) is 2.10. The summed E-state index contributed by atoms with van der Waals surface area (Å²) >= 11 is 0. The van der Waals surface area contributed by atoms with Crippen molar-refractivity contribution in [3.05, 3.63) is 29.8 Å². The number of hydrazone groups is 1. The van der Waals surface area contributed by atoms with Gasteiger partial charge in [-0.1, -0.05) is 12.1 Å². The van der Waals surface area contributed by atoms with Crippen molar-refractivity contribution in [2.75, 3.05) is 20.2 Å². The molecule has 1 N–H and O–H groups in total. The minimum Gasteiger partial charge on any atom is -0.494 e. The summed E-state index contributed by atoms with van der Waals surface area (Å²) in [5, 5.41) is 8.00. The SMILES string of the molecule is Cc1cccc(OCCCNC(=O)C2=NN(C)C(=O)CC2)c1. The highest BCUT2D eigenvalue weighted by Crippen LogP contribution is 2.12. The molecule has 1 aromatic rings. The normalized spacial score (nSPS) is 14.5. The van der Waals surface area contributed by atoms with Crippen molar-refractivity contribution in [3.8, 4) is 5.75 Å². The van der Waals surface area contributed by atoms with E-state index in [2.05, 4.69) is 10.4 Å². The van der Waals surface area contributed by atoms with Crippen molar-refractivity contribution < 1.29 is 14.3 Å². The van der Waals surface area contributed by atoms with Crippen LogP contribution >= 0.6 is 0 Å². The van der Waals surface area contributed by atoms with E-state index < -0.39 is 0 Å². The van der Waals surface area contributed by atoms with E-state index in [1.165, 1.54) is 5.01 Å². The molecule has 1 aliphatic rings. The Hall–Kier alpha value is -2.37. The lowest BCUT2D eigenvalue weighted by Gasteiger charge is -2.18. The number of amides is 2. The standard InChI is InChI=1S/C16H21N3O3/c1-12-5-3-6-13(11-12)22-10-4-9-17-16(21)14-7-8-15(20)19(2)18-14/h3,5-6,11H,4,7-10H2,1-2H3,(H,17,21). The van der Waals surface area contributed by atoms with Crippen LogP contribution in [0.5, 0.6) is 5.75 Å². The summed E-state index contributed by atoms with van der Waals surface area (Å²) in [5.74, 6) is 0.557. The summed E-state index contributed by atoms with van der Waals surface area (Å²) in [5.41, 5.74) is 1.56. The molecule has 0 atom stereocenters. The van der Waals surface area contributed by atoms with Crippen LogP contribution in [0, 0.1) is 6.92 Å². The molecule has 0 bridgehead atoms. The molecular weight excluding hydrogens is 282 g/mol. The first-order valence-electron chi connectivity index (χ1n) is 7.38. The van der Waals surface area contributed by atoms with Gasteiger partial charge >= 0.3 is 0 Å².